The summed E-state index contributed by atoms with van der Waals surface area (Å²) in [4.78, 5) is 15.2. The molecule has 1 amide bonds. The van der Waals surface area contributed by atoms with Crippen LogP contribution in [0.4, 0.5) is 14.5 Å². The Labute approximate surface area is 206 Å². The van der Waals surface area contributed by atoms with Crippen molar-refractivity contribution in [3.05, 3.63) is 77.9 Å². The number of alkyl halides is 2. The molecule has 186 valence electrons. The largest absolute Gasteiger partial charge is 0.387 e. The molecular weight excluding hydrogens is 444 g/mol. The maximum absolute atomic E-state index is 14.2. The molecule has 35 heavy (non-hydrogen) atoms. The van der Waals surface area contributed by atoms with E-state index in [1.807, 2.05) is 66.7 Å². The average molecular weight is 480 g/mol. The average Bonchev–Trinajstić information content (AvgIpc) is 2.85. The van der Waals surface area contributed by atoms with Crippen LogP contribution in [0.2, 0.25) is 0 Å². The number of aliphatic hydroxyl groups excluding tert-OH is 1. The van der Waals surface area contributed by atoms with Crippen molar-refractivity contribution in [1.82, 2.24) is 0 Å². The number of amides is 1. The van der Waals surface area contributed by atoms with Crippen LogP contribution in [0.15, 0.2) is 66.7 Å². The van der Waals surface area contributed by atoms with Gasteiger partial charge in [-0.1, -0.05) is 74.4 Å². The van der Waals surface area contributed by atoms with E-state index < -0.39 is 18.4 Å². The second-order valence-electron chi connectivity index (χ2n) is 9.91. The van der Waals surface area contributed by atoms with E-state index in [-0.39, 0.29) is 31.2 Å². The van der Waals surface area contributed by atoms with Crippen LogP contribution in [-0.4, -0.2) is 29.6 Å². The molecular formula is C30H35F2NO2. The molecule has 0 radical (unpaired) electrons. The number of fused-ring (bicyclic) bond motifs is 1. The Morgan fingerprint density at radius 3 is 2.40 bits per heavy atom. The minimum Gasteiger partial charge on any atom is -0.387 e. The van der Waals surface area contributed by atoms with E-state index in [4.69, 9.17) is 0 Å². The van der Waals surface area contributed by atoms with Crippen molar-refractivity contribution < 1.29 is 18.7 Å². The van der Waals surface area contributed by atoms with Crippen molar-refractivity contribution in [2.45, 2.75) is 70.3 Å². The molecule has 0 aromatic heterocycles. The molecule has 0 unspecified atom stereocenters. The molecule has 3 aromatic rings. The molecule has 0 aliphatic heterocycles. The number of aliphatic hydroxyl groups is 1. The molecule has 1 fully saturated rings. The van der Waals surface area contributed by atoms with Crippen molar-refractivity contribution in [3.63, 3.8) is 0 Å². The highest BCUT2D eigenvalue weighted by atomic mass is 19.3. The summed E-state index contributed by atoms with van der Waals surface area (Å²) in [6.07, 6.45) is 3.20. The number of nitrogens with zero attached hydrogens (tertiary/aromatic N) is 1. The first-order valence-electron chi connectivity index (χ1n) is 12.8. The molecule has 0 heterocycles. The number of unbranched alkanes of at least 4 members (excludes halogenated alkanes) is 2. The summed E-state index contributed by atoms with van der Waals surface area (Å²) in [5.41, 5.74) is 2.86. The normalized spacial score (nSPS) is 19.5. The highest BCUT2D eigenvalue weighted by molar-refractivity contribution is 5.95. The van der Waals surface area contributed by atoms with Gasteiger partial charge in [0.05, 0.1) is 6.42 Å². The molecule has 1 aliphatic rings. The molecule has 2 atom stereocenters. The summed E-state index contributed by atoms with van der Waals surface area (Å²) < 4.78 is 28.5. The smallest absolute Gasteiger partial charge is 0.273 e. The van der Waals surface area contributed by atoms with Crippen LogP contribution in [0.5, 0.6) is 0 Å². The number of anilines is 1. The van der Waals surface area contributed by atoms with Gasteiger partial charge in [0.2, 0.25) is 5.91 Å². The first-order chi connectivity index (χ1) is 16.9. The SMILES string of the molecule is CCCCCc1ccc(N(C[C@H]2CC[C@H](O)C(F)(F)C2)C(=O)Cc2ccc3ccccc3c2)cc1. The minimum atomic E-state index is -3.11. The number of rotatable bonds is 9. The van der Waals surface area contributed by atoms with Crippen molar-refractivity contribution >= 4 is 22.4 Å². The number of halogens is 2. The molecule has 0 bridgehead atoms. The van der Waals surface area contributed by atoms with Gasteiger partial charge >= 0.3 is 0 Å². The molecule has 4 rings (SSSR count). The third-order valence-electron chi connectivity index (χ3n) is 7.12. The van der Waals surface area contributed by atoms with E-state index in [9.17, 15) is 18.7 Å². The van der Waals surface area contributed by atoms with Crippen molar-refractivity contribution in [1.29, 1.82) is 0 Å². The number of hydrogen-bond donors (Lipinski definition) is 1. The lowest BCUT2D eigenvalue weighted by Crippen LogP contribution is -2.45. The van der Waals surface area contributed by atoms with Crippen LogP contribution in [0.1, 0.15) is 56.6 Å². The van der Waals surface area contributed by atoms with E-state index in [0.29, 0.717) is 6.42 Å². The van der Waals surface area contributed by atoms with Gasteiger partial charge in [-0.15, -0.1) is 0 Å². The lowest BCUT2D eigenvalue weighted by atomic mass is 9.84. The molecule has 3 aromatic carbocycles. The van der Waals surface area contributed by atoms with E-state index in [2.05, 4.69) is 6.92 Å². The van der Waals surface area contributed by atoms with Crippen molar-refractivity contribution in [3.8, 4) is 0 Å². The fourth-order valence-corrected chi connectivity index (χ4v) is 5.03. The number of hydrogen-bond acceptors (Lipinski definition) is 2. The number of carbonyl (C=O) groups is 1. The Morgan fingerprint density at radius 2 is 1.69 bits per heavy atom. The molecule has 1 aliphatic carbocycles. The molecule has 5 heteroatoms. The van der Waals surface area contributed by atoms with Crippen LogP contribution >= 0.6 is 0 Å². The topological polar surface area (TPSA) is 40.5 Å². The highest BCUT2D eigenvalue weighted by Crippen LogP contribution is 2.38. The van der Waals surface area contributed by atoms with Crippen LogP contribution in [0.3, 0.4) is 0 Å². The second-order valence-corrected chi connectivity index (χ2v) is 9.91. The molecule has 0 saturated heterocycles. The van der Waals surface area contributed by atoms with Crippen LogP contribution < -0.4 is 4.90 Å². The van der Waals surface area contributed by atoms with Gasteiger partial charge in [0.1, 0.15) is 6.10 Å². The minimum absolute atomic E-state index is 0.0563. The lowest BCUT2D eigenvalue weighted by molar-refractivity contribution is -0.143. The van der Waals surface area contributed by atoms with Crippen LogP contribution in [0, 0.1) is 5.92 Å². The fraction of sp³-hybridized carbons (Fsp3) is 0.433. The summed E-state index contributed by atoms with van der Waals surface area (Å²) in [6.45, 7) is 2.40. The third-order valence-corrected chi connectivity index (χ3v) is 7.12. The number of carbonyl (C=O) groups excluding carboxylic acids is 1. The maximum atomic E-state index is 14.2. The predicted molar refractivity (Wildman–Crippen MR) is 138 cm³/mol. The zero-order chi connectivity index (χ0) is 24.8. The van der Waals surface area contributed by atoms with Gasteiger partial charge in [0.25, 0.3) is 5.92 Å². The summed E-state index contributed by atoms with van der Waals surface area (Å²) in [6, 6.07) is 22.0. The summed E-state index contributed by atoms with van der Waals surface area (Å²) in [5, 5.41) is 11.9. The zero-order valence-corrected chi connectivity index (χ0v) is 20.4. The molecule has 3 nitrogen and oxygen atoms in total. The van der Waals surface area contributed by atoms with Crippen LogP contribution in [0.25, 0.3) is 10.8 Å². The Morgan fingerprint density at radius 1 is 0.971 bits per heavy atom. The van der Waals surface area contributed by atoms with Gasteiger partial charge in [-0.25, -0.2) is 8.78 Å². The summed E-state index contributed by atoms with van der Waals surface area (Å²) >= 11 is 0. The Balaban J connectivity index is 1.54. The molecule has 1 saturated carbocycles. The fourth-order valence-electron chi connectivity index (χ4n) is 5.03. The lowest BCUT2D eigenvalue weighted by Gasteiger charge is -2.36. The third kappa shape index (κ3) is 6.46. The summed E-state index contributed by atoms with van der Waals surface area (Å²) in [7, 11) is 0. The Bertz CT molecular complexity index is 1130. The van der Waals surface area contributed by atoms with Gasteiger partial charge in [0.15, 0.2) is 0 Å². The van der Waals surface area contributed by atoms with E-state index in [1.54, 1.807) is 4.90 Å². The monoisotopic (exact) mass is 479 g/mol. The number of benzene rings is 3. The van der Waals surface area contributed by atoms with Gasteiger partial charge in [0, 0.05) is 18.7 Å². The van der Waals surface area contributed by atoms with Gasteiger partial charge < -0.3 is 10.0 Å². The van der Waals surface area contributed by atoms with E-state index in [1.165, 1.54) is 12.0 Å². The predicted octanol–water partition coefficient (Wildman–Crippen LogP) is 6.94. The quantitative estimate of drug-likeness (QED) is 0.338. The van der Waals surface area contributed by atoms with Gasteiger partial charge in [-0.2, -0.15) is 0 Å². The van der Waals surface area contributed by atoms with E-state index >= 15 is 0 Å². The van der Waals surface area contributed by atoms with Crippen molar-refractivity contribution in [2.75, 3.05) is 11.4 Å². The first-order valence-corrected chi connectivity index (χ1v) is 12.8. The van der Waals surface area contributed by atoms with Gasteiger partial charge in [-0.3, -0.25) is 4.79 Å². The van der Waals surface area contributed by atoms with Crippen LogP contribution in [-0.2, 0) is 17.6 Å². The standard InChI is InChI=1S/C30H35F2NO2/c1-2-3-4-7-22-11-15-27(16-12-22)33(21-24-13-17-28(34)30(31,32)20-24)29(35)19-23-10-14-25-8-5-6-9-26(25)18-23/h5-6,8-12,14-16,18,24,28,34H,2-4,7,13,17,19-21H2,1H3/t24-,28-/m0/s1. The van der Waals surface area contributed by atoms with E-state index in [0.717, 1.165) is 41.3 Å². The zero-order valence-electron chi connectivity index (χ0n) is 20.4. The Kier molecular flexibility index (Phi) is 8.17. The number of aryl methyl sites for hydroxylation is 1. The van der Waals surface area contributed by atoms with Gasteiger partial charge in [-0.05, 0) is 65.6 Å². The molecule has 1 N–H and O–H groups in total. The highest BCUT2D eigenvalue weighted by Gasteiger charge is 2.44. The van der Waals surface area contributed by atoms with Crippen molar-refractivity contribution in [2.24, 2.45) is 5.92 Å². The Hall–Kier alpha value is -2.79. The maximum Gasteiger partial charge on any atom is 0.273 e. The molecule has 0 spiro atoms. The summed E-state index contributed by atoms with van der Waals surface area (Å²) in [5.74, 6) is -3.58. The second kappa shape index (κ2) is 11.3. The first kappa shape index (κ1) is 25.3.